The van der Waals surface area contributed by atoms with E-state index in [1.807, 2.05) is 11.8 Å². The van der Waals surface area contributed by atoms with Gasteiger partial charge in [-0.05, 0) is 51.4 Å². The highest BCUT2D eigenvalue weighted by molar-refractivity contribution is 7.99. The highest BCUT2D eigenvalue weighted by atomic mass is 32.2. The van der Waals surface area contributed by atoms with Gasteiger partial charge in [-0.2, -0.15) is 0 Å². The van der Waals surface area contributed by atoms with Gasteiger partial charge in [0.2, 0.25) is 0 Å². The van der Waals surface area contributed by atoms with Gasteiger partial charge in [-0.25, -0.2) is 0 Å². The molecule has 0 aliphatic heterocycles. The van der Waals surface area contributed by atoms with Crippen molar-refractivity contribution in [1.29, 1.82) is 0 Å². The first kappa shape index (κ1) is 15.3. The minimum Gasteiger partial charge on any atom is -0.310 e. The Bertz CT molecular complexity index is 380. The zero-order chi connectivity index (χ0) is 13.4. The first-order valence-electron chi connectivity index (χ1n) is 6.73. The van der Waals surface area contributed by atoms with E-state index in [4.69, 9.17) is 0 Å². The molecule has 1 atom stereocenters. The molecule has 1 nitrogen and oxygen atoms in total. The van der Waals surface area contributed by atoms with Gasteiger partial charge in [-0.15, -0.1) is 11.8 Å². The van der Waals surface area contributed by atoms with Crippen molar-refractivity contribution in [3.8, 4) is 0 Å². The smallest absolute Gasteiger partial charge is 0.0292 e. The second-order valence-corrected chi connectivity index (χ2v) is 5.93. The number of hydrogen-bond donors (Lipinski definition) is 1. The van der Waals surface area contributed by atoms with Crippen molar-refractivity contribution in [3.63, 3.8) is 0 Å². The van der Waals surface area contributed by atoms with Crippen LogP contribution in [0.25, 0.3) is 0 Å². The summed E-state index contributed by atoms with van der Waals surface area (Å²) in [6, 6.07) is 9.30. The summed E-state index contributed by atoms with van der Waals surface area (Å²) in [5.41, 5.74) is 2.77. The van der Waals surface area contributed by atoms with Crippen LogP contribution in [0.1, 0.15) is 45.7 Å². The van der Waals surface area contributed by atoms with E-state index in [9.17, 15) is 0 Å². The molecule has 0 spiro atoms. The van der Waals surface area contributed by atoms with Crippen molar-refractivity contribution >= 4 is 11.8 Å². The Morgan fingerprint density at radius 1 is 1.39 bits per heavy atom. The molecule has 1 aromatic carbocycles. The molecule has 1 aromatic rings. The molecule has 1 N–H and O–H groups in total. The van der Waals surface area contributed by atoms with E-state index in [0.717, 1.165) is 12.3 Å². The molecule has 18 heavy (non-hydrogen) atoms. The average Bonchev–Trinajstić information content (AvgIpc) is 2.36. The normalized spacial score (nSPS) is 12.2. The van der Waals surface area contributed by atoms with E-state index in [0.29, 0.717) is 6.04 Å². The Morgan fingerprint density at radius 3 is 2.83 bits per heavy atom. The van der Waals surface area contributed by atoms with Gasteiger partial charge < -0.3 is 5.32 Å². The quantitative estimate of drug-likeness (QED) is 0.560. The lowest BCUT2D eigenvalue weighted by Gasteiger charge is -2.14. The fourth-order valence-corrected chi connectivity index (χ4v) is 2.66. The van der Waals surface area contributed by atoms with Gasteiger partial charge in [0, 0.05) is 16.7 Å². The number of rotatable bonds is 7. The van der Waals surface area contributed by atoms with E-state index in [1.54, 1.807) is 0 Å². The van der Waals surface area contributed by atoms with Crippen molar-refractivity contribution in [2.45, 2.75) is 45.1 Å². The number of thioether (sulfide) groups is 1. The van der Waals surface area contributed by atoms with E-state index in [2.05, 4.69) is 63.4 Å². The molecule has 0 bridgehead atoms. The average molecular weight is 263 g/mol. The van der Waals surface area contributed by atoms with Crippen LogP contribution in [0.15, 0.2) is 40.8 Å². The molecule has 100 valence electrons. The zero-order valence-corrected chi connectivity index (χ0v) is 12.8. The summed E-state index contributed by atoms with van der Waals surface area (Å²) >= 11 is 1.90. The lowest BCUT2D eigenvalue weighted by molar-refractivity contribution is 0.570. The highest BCUT2D eigenvalue weighted by Crippen LogP contribution is 2.22. The summed E-state index contributed by atoms with van der Waals surface area (Å²) in [7, 11) is 0. The maximum Gasteiger partial charge on any atom is 0.0292 e. The molecule has 2 heteroatoms. The van der Waals surface area contributed by atoms with Crippen molar-refractivity contribution in [2.24, 2.45) is 0 Å². The van der Waals surface area contributed by atoms with Crippen molar-refractivity contribution in [3.05, 3.63) is 41.5 Å². The second kappa shape index (κ2) is 8.39. The maximum absolute atomic E-state index is 3.53. The molecule has 0 radical (unpaired) electrons. The number of nitrogens with one attached hydrogen (secondary N) is 1. The minimum absolute atomic E-state index is 0.439. The molecule has 0 amide bonds. The molecular weight excluding hydrogens is 238 g/mol. The zero-order valence-electron chi connectivity index (χ0n) is 12.0. The molecule has 0 saturated carbocycles. The lowest BCUT2D eigenvalue weighted by Crippen LogP contribution is -2.19. The van der Waals surface area contributed by atoms with Gasteiger partial charge in [0.25, 0.3) is 0 Å². The van der Waals surface area contributed by atoms with E-state index >= 15 is 0 Å². The fourth-order valence-electron chi connectivity index (χ4n) is 1.66. The van der Waals surface area contributed by atoms with Gasteiger partial charge in [-0.3, -0.25) is 0 Å². The van der Waals surface area contributed by atoms with Crippen molar-refractivity contribution < 1.29 is 0 Å². The third kappa shape index (κ3) is 5.74. The van der Waals surface area contributed by atoms with Crippen LogP contribution in [0, 0.1) is 0 Å². The Balaban J connectivity index is 2.58. The maximum atomic E-state index is 3.53. The number of hydrogen-bond acceptors (Lipinski definition) is 2. The van der Waals surface area contributed by atoms with Crippen LogP contribution in [-0.2, 0) is 0 Å². The predicted molar refractivity (Wildman–Crippen MR) is 83.3 cm³/mol. The van der Waals surface area contributed by atoms with E-state index < -0.39 is 0 Å². The molecule has 1 rings (SSSR count). The van der Waals surface area contributed by atoms with Crippen LogP contribution in [-0.4, -0.2) is 12.3 Å². The first-order valence-corrected chi connectivity index (χ1v) is 7.71. The molecule has 0 fully saturated rings. The van der Waals surface area contributed by atoms with Gasteiger partial charge in [0.15, 0.2) is 0 Å². The van der Waals surface area contributed by atoms with Crippen LogP contribution in [0.3, 0.4) is 0 Å². The molecule has 0 aliphatic rings. The Kier molecular flexibility index (Phi) is 7.14. The first-order chi connectivity index (χ1) is 8.63. The number of benzene rings is 1. The summed E-state index contributed by atoms with van der Waals surface area (Å²) in [5.74, 6) is 1.06. The molecular formula is C16H25NS. The standard InChI is InChI=1S/C16H25NS/c1-5-10-17-14(4)15-7-6-8-16(12-15)18-11-9-13(2)3/h6-9,12,14,17H,5,10-11H2,1-4H3. The molecule has 0 saturated heterocycles. The highest BCUT2D eigenvalue weighted by Gasteiger charge is 2.04. The monoisotopic (exact) mass is 263 g/mol. The third-order valence-corrected chi connectivity index (χ3v) is 3.72. The number of allylic oxidation sites excluding steroid dienone is 1. The second-order valence-electron chi connectivity index (χ2n) is 4.84. The van der Waals surface area contributed by atoms with Crippen LogP contribution in [0.5, 0.6) is 0 Å². The SMILES string of the molecule is CCCNC(C)c1cccc(SCC=C(C)C)c1. The van der Waals surface area contributed by atoms with Crippen LogP contribution in [0.2, 0.25) is 0 Å². The molecule has 0 heterocycles. The van der Waals surface area contributed by atoms with Crippen molar-refractivity contribution in [1.82, 2.24) is 5.32 Å². The summed E-state index contributed by atoms with van der Waals surface area (Å²) in [6.45, 7) is 9.80. The summed E-state index contributed by atoms with van der Waals surface area (Å²) in [5, 5.41) is 3.53. The fraction of sp³-hybridized carbons (Fsp3) is 0.500. The van der Waals surface area contributed by atoms with Gasteiger partial charge in [-0.1, -0.05) is 30.7 Å². The summed E-state index contributed by atoms with van der Waals surface area (Å²) < 4.78 is 0. The predicted octanol–water partition coefficient (Wildman–Crippen LogP) is 4.81. The van der Waals surface area contributed by atoms with Crippen molar-refractivity contribution in [2.75, 3.05) is 12.3 Å². The van der Waals surface area contributed by atoms with Gasteiger partial charge in [0.05, 0.1) is 0 Å². The van der Waals surface area contributed by atoms with Crippen LogP contribution >= 0.6 is 11.8 Å². The summed E-state index contributed by atoms with van der Waals surface area (Å²) in [6.07, 6.45) is 3.45. The van der Waals surface area contributed by atoms with E-state index in [-0.39, 0.29) is 0 Å². The Labute approximate surface area is 116 Å². The lowest BCUT2D eigenvalue weighted by atomic mass is 10.1. The Hall–Kier alpha value is -0.730. The van der Waals surface area contributed by atoms with E-state index in [1.165, 1.54) is 22.5 Å². The molecule has 0 aromatic heterocycles. The largest absolute Gasteiger partial charge is 0.310 e. The molecule has 1 unspecified atom stereocenters. The third-order valence-electron chi connectivity index (χ3n) is 2.80. The Morgan fingerprint density at radius 2 is 2.17 bits per heavy atom. The summed E-state index contributed by atoms with van der Waals surface area (Å²) in [4.78, 5) is 1.36. The minimum atomic E-state index is 0.439. The molecule has 0 aliphatic carbocycles. The van der Waals surface area contributed by atoms with Gasteiger partial charge >= 0.3 is 0 Å². The van der Waals surface area contributed by atoms with Gasteiger partial charge in [0.1, 0.15) is 0 Å². The topological polar surface area (TPSA) is 12.0 Å². The van der Waals surface area contributed by atoms with Crippen LogP contribution < -0.4 is 5.32 Å². The van der Waals surface area contributed by atoms with Crippen LogP contribution in [0.4, 0.5) is 0 Å².